The van der Waals surface area contributed by atoms with Crippen molar-refractivity contribution in [2.24, 2.45) is 0 Å². The van der Waals surface area contributed by atoms with E-state index in [2.05, 4.69) is 13.5 Å². The Hall–Kier alpha value is -1.32. The Morgan fingerprint density at radius 2 is 1.44 bits per heavy atom. The Bertz CT molecular complexity index is 379. The van der Waals surface area contributed by atoms with Crippen molar-refractivity contribution in [1.82, 2.24) is 0 Å². The first-order chi connectivity index (χ1) is 13.1. The van der Waals surface area contributed by atoms with Crippen molar-refractivity contribution < 1.29 is 19.4 Å². The van der Waals surface area contributed by atoms with Crippen LogP contribution in [0.25, 0.3) is 0 Å². The van der Waals surface area contributed by atoms with Crippen LogP contribution in [-0.4, -0.2) is 23.1 Å². The summed E-state index contributed by atoms with van der Waals surface area (Å²) in [5, 5.41) is 9.03. The summed E-state index contributed by atoms with van der Waals surface area (Å²) in [5.41, 5.74) is 0. The minimum absolute atomic E-state index is 0.0785. The van der Waals surface area contributed by atoms with Gasteiger partial charge in [0, 0.05) is 6.42 Å². The lowest BCUT2D eigenvalue weighted by Gasteiger charge is -2.16. The highest BCUT2D eigenvalue weighted by Crippen LogP contribution is 2.15. The van der Waals surface area contributed by atoms with E-state index < -0.39 is 12.1 Å². The number of carbonyl (C=O) groups excluding carboxylic acids is 1. The van der Waals surface area contributed by atoms with Gasteiger partial charge in [0.15, 0.2) is 0 Å². The number of rotatable bonds is 20. The maximum Gasteiger partial charge on any atom is 0.307 e. The van der Waals surface area contributed by atoms with E-state index in [4.69, 9.17) is 9.84 Å². The van der Waals surface area contributed by atoms with Crippen LogP contribution in [0.3, 0.4) is 0 Å². The fourth-order valence-corrected chi connectivity index (χ4v) is 3.24. The SMILES string of the molecule is C=CCCCCCCCCC(=O)OC(CCCCCCCCC)CC(=O)O. The van der Waals surface area contributed by atoms with Crippen molar-refractivity contribution in [2.45, 2.75) is 122 Å². The molecular formula is C23H42O4. The zero-order valence-corrected chi connectivity index (χ0v) is 17.6. The second-order valence-electron chi connectivity index (χ2n) is 7.57. The fourth-order valence-electron chi connectivity index (χ4n) is 3.24. The third-order valence-electron chi connectivity index (χ3n) is 4.87. The quantitative estimate of drug-likeness (QED) is 0.142. The van der Waals surface area contributed by atoms with Crippen LogP contribution in [0.5, 0.6) is 0 Å². The van der Waals surface area contributed by atoms with Crippen LogP contribution in [-0.2, 0) is 14.3 Å². The molecule has 0 bridgehead atoms. The first kappa shape index (κ1) is 25.7. The molecule has 0 aliphatic heterocycles. The van der Waals surface area contributed by atoms with Gasteiger partial charge in [-0.25, -0.2) is 0 Å². The van der Waals surface area contributed by atoms with Gasteiger partial charge in [-0.05, 0) is 32.1 Å². The lowest BCUT2D eigenvalue weighted by molar-refractivity contribution is -0.153. The van der Waals surface area contributed by atoms with Gasteiger partial charge in [-0.3, -0.25) is 9.59 Å². The van der Waals surface area contributed by atoms with Crippen molar-refractivity contribution in [3.63, 3.8) is 0 Å². The van der Waals surface area contributed by atoms with Crippen LogP contribution in [0, 0.1) is 0 Å². The third-order valence-corrected chi connectivity index (χ3v) is 4.87. The molecule has 0 saturated carbocycles. The number of hydrogen-bond acceptors (Lipinski definition) is 3. The third kappa shape index (κ3) is 19.3. The average Bonchev–Trinajstić information content (AvgIpc) is 2.62. The number of carbonyl (C=O) groups is 2. The van der Waals surface area contributed by atoms with E-state index in [-0.39, 0.29) is 12.4 Å². The lowest BCUT2D eigenvalue weighted by Crippen LogP contribution is -2.21. The van der Waals surface area contributed by atoms with Crippen LogP contribution in [0.1, 0.15) is 116 Å². The van der Waals surface area contributed by atoms with E-state index in [9.17, 15) is 9.59 Å². The lowest BCUT2D eigenvalue weighted by atomic mass is 10.0. The summed E-state index contributed by atoms with van der Waals surface area (Å²) in [6.45, 7) is 5.92. The second-order valence-corrected chi connectivity index (χ2v) is 7.57. The molecule has 0 aliphatic carbocycles. The number of hydrogen-bond donors (Lipinski definition) is 1. The smallest absolute Gasteiger partial charge is 0.307 e. The summed E-state index contributed by atoms with van der Waals surface area (Å²) in [6.07, 6.45) is 18.4. The van der Waals surface area contributed by atoms with Crippen molar-refractivity contribution in [3.05, 3.63) is 12.7 Å². The Labute approximate surface area is 166 Å². The minimum Gasteiger partial charge on any atom is -0.481 e. The number of allylic oxidation sites excluding steroid dienone is 1. The molecule has 0 fully saturated rings. The Balaban J connectivity index is 3.81. The Morgan fingerprint density at radius 1 is 0.889 bits per heavy atom. The Morgan fingerprint density at radius 3 is 2.04 bits per heavy atom. The molecular weight excluding hydrogens is 340 g/mol. The van der Waals surface area contributed by atoms with E-state index in [0.29, 0.717) is 12.8 Å². The van der Waals surface area contributed by atoms with Crippen LogP contribution >= 0.6 is 0 Å². The highest BCUT2D eigenvalue weighted by molar-refractivity contribution is 5.71. The maximum absolute atomic E-state index is 12.0. The molecule has 0 aromatic rings. The molecule has 1 unspecified atom stereocenters. The summed E-state index contributed by atoms with van der Waals surface area (Å²) >= 11 is 0. The number of carboxylic acids is 1. The zero-order valence-electron chi connectivity index (χ0n) is 17.6. The molecule has 0 rings (SSSR count). The molecule has 0 spiro atoms. The molecule has 0 radical (unpaired) electrons. The molecule has 1 N–H and O–H groups in total. The van der Waals surface area contributed by atoms with E-state index >= 15 is 0 Å². The zero-order chi connectivity index (χ0) is 20.2. The molecule has 0 amide bonds. The summed E-state index contributed by atoms with van der Waals surface area (Å²) in [7, 11) is 0. The van der Waals surface area contributed by atoms with E-state index in [1.165, 1.54) is 51.4 Å². The summed E-state index contributed by atoms with van der Waals surface area (Å²) in [4.78, 5) is 23.0. The standard InChI is InChI=1S/C23H42O4/c1-3-5-7-9-11-13-15-17-19-23(26)27-21(20-22(24)25)18-16-14-12-10-8-6-4-2/h3,21H,1,4-20H2,2H3,(H,24,25). The van der Waals surface area contributed by atoms with Gasteiger partial charge in [-0.2, -0.15) is 0 Å². The van der Waals surface area contributed by atoms with Crippen molar-refractivity contribution in [1.29, 1.82) is 0 Å². The number of unbranched alkanes of at least 4 members (excludes halogenated alkanes) is 12. The normalized spacial score (nSPS) is 11.9. The summed E-state index contributed by atoms with van der Waals surface area (Å²) < 4.78 is 5.44. The molecule has 158 valence electrons. The molecule has 4 nitrogen and oxygen atoms in total. The van der Waals surface area contributed by atoms with E-state index in [1.807, 2.05) is 6.08 Å². The van der Waals surface area contributed by atoms with Gasteiger partial charge >= 0.3 is 11.9 Å². The first-order valence-electron chi connectivity index (χ1n) is 11.1. The van der Waals surface area contributed by atoms with E-state index in [1.54, 1.807) is 0 Å². The highest BCUT2D eigenvalue weighted by atomic mass is 16.5. The summed E-state index contributed by atoms with van der Waals surface area (Å²) in [6, 6.07) is 0. The van der Waals surface area contributed by atoms with Gasteiger partial charge in [0.1, 0.15) is 6.10 Å². The molecule has 0 aliphatic rings. The topological polar surface area (TPSA) is 63.6 Å². The van der Waals surface area contributed by atoms with Gasteiger partial charge in [0.25, 0.3) is 0 Å². The molecule has 0 saturated heterocycles. The van der Waals surface area contributed by atoms with Crippen LogP contribution < -0.4 is 0 Å². The van der Waals surface area contributed by atoms with Crippen molar-refractivity contribution in [2.75, 3.05) is 0 Å². The van der Waals surface area contributed by atoms with Crippen molar-refractivity contribution in [3.8, 4) is 0 Å². The van der Waals surface area contributed by atoms with Gasteiger partial charge in [-0.1, -0.05) is 77.2 Å². The number of esters is 1. The largest absolute Gasteiger partial charge is 0.481 e. The molecule has 4 heteroatoms. The predicted molar refractivity (Wildman–Crippen MR) is 112 cm³/mol. The van der Waals surface area contributed by atoms with E-state index in [0.717, 1.165) is 38.5 Å². The molecule has 27 heavy (non-hydrogen) atoms. The first-order valence-corrected chi connectivity index (χ1v) is 11.1. The van der Waals surface area contributed by atoms with Crippen LogP contribution in [0.2, 0.25) is 0 Å². The van der Waals surface area contributed by atoms with Gasteiger partial charge in [-0.15, -0.1) is 6.58 Å². The monoisotopic (exact) mass is 382 g/mol. The fraction of sp³-hybridized carbons (Fsp3) is 0.826. The molecule has 1 atom stereocenters. The number of aliphatic carboxylic acids is 1. The Kier molecular flexibility index (Phi) is 18.5. The number of ether oxygens (including phenoxy) is 1. The van der Waals surface area contributed by atoms with Crippen LogP contribution in [0.15, 0.2) is 12.7 Å². The molecule has 0 aromatic heterocycles. The minimum atomic E-state index is -0.893. The average molecular weight is 383 g/mol. The van der Waals surface area contributed by atoms with Gasteiger partial charge in [0.2, 0.25) is 0 Å². The summed E-state index contributed by atoms with van der Waals surface area (Å²) in [5.74, 6) is -1.13. The predicted octanol–water partition coefficient (Wildman–Crippen LogP) is 6.82. The molecule has 0 heterocycles. The van der Waals surface area contributed by atoms with Crippen LogP contribution in [0.4, 0.5) is 0 Å². The second kappa shape index (κ2) is 19.4. The molecule has 0 aromatic carbocycles. The highest BCUT2D eigenvalue weighted by Gasteiger charge is 2.17. The van der Waals surface area contributed by atoms with Crippen molar-refractivity contribution >= 4 is 11.9 Å². The van der Waals surface area contributed by atoms with Gasteiger partial charge < -0.3 is 9.84 Å². The van der Waals surface area contributed by atoms with Gasteiger partial charge in [0.05, 0.1) is 6.42 Å². The maximum atomic E-state index is 12.0. The number of carboxylic acid groups (broad SMARTS) is 1.